The molecule has 0 unspecified atom stereocenters. The maximum atomic E-state index is 11.9. The lowest BCUT2D eigenvalue weighted by molar-refractivity contribution is -0.0481. The standard InChI is InChI=1S/C13H22N2O3/c1-12(2,3)18-11(16)15-6-4-13(5-7-15)8-10(14)9-17-13/h14H,4-9H2,1-3H3. The number of carbonyl (C=O) groups excluding carboxylic acids is 1. The quantitative estimate of drug-likeness (QED) is 0.720. The van der Waals surface area contributed by atoms with Crippen molar-refractivity contribution in [2.24, 2.45) is 0 Å². The zero-order valence-electron chi connectivity index (χ0n) is 11.4. The topological polar surface area (TPSA) is 62.6 Å². The van der Waals surface area contributed by atoms with Gasteiger partial charge in [0.25, 0.3) is 0 Å². The summed E-state index contributed by atoms with van der Waals surface area (Å²) in [6.07, 6.45) is 2.07. The second-order valence-electron chi connectivity index (χ2n) is 6.22. The fourth-order valence-electron chi connectivity index (χ4n) is 2.48. The Kier molecular flexibility index (Phi) is 3.36. The van der Waals surface area contributed by atoms with E-state index >= 15 is 0 Å². The highest BCUT2D eigenvalue weighted by Gasteiger charge is 2.42. The number of nitrogens with one attached hydrogen (secondary N) is 1. The Hall–Kier alpha value is -1.10. The summed E-state index contributed by atoms with van der Waals surface area (Å²) >= 11 is 0. The molecule has 5 heteroatoms. The van der Waals surface area contributed by atoms with Crippen molar-refractivity contribution in [1.82, 2.24) is 4.90 Å². The largest absolute Gasteiger partial charge is 0.444 e. The van der Waals surface area contributed by atoms with Gasteiger partial charge in [0.15, 0.2) is 0 Å². The van der Waals surface area contributed by atoms with Gasteiger partial charge < -0.3 is 19.8 Å². The van der Waals surface area contributed by atoms with Gasteiger partial charge in [0.2, 0.25) is 0 Å². The van der Waals surface area contributed by atoms with E-state index in [4.69, 9.17) is 14.9 Å². The number of hydrogen-bond acceptors (Lipinski definition) is 4. The van der Waals surface area contributed by atoms with Gasteiger partial charge in [-0.1, -0.05) is 0 Å². The number of ether oxygens (including phenoxy) is 2. The van der Waals surface area contributed by atoms with Crippen LogP contribution in [0.3, 0.4) is 0 Å². The van der Waals surface area contributed by atoms with Crippen molar-refractivity contribution in [3.8, 4) is 0 Å². The molecule has 0 aliphatic carbocycles. The van der Waals surface area contributed by atoms with Crippen LogP contribution in [0.4, 0.5) is 4.79 Å². The number of nitrogens with zero attached hydrogens (tertiary/aromatic N) is 1. The van der Waals surface area contributed by atoms with Crippen molar-refractivity contribution in [3.63, 3.8) is 0 Å². The summed E-state index contributed by atoms with van der Waals surface area (Å²) in [4.78, 5) is 13.6. The third-order valence-corrected chi connectivity index (χ3v) is 3.41. The van der Waals surface area contributed by atoms with E-state index < -0.39 is 5.60 Å². The lowest BCUT2D eigenvalue weighted by Crippen LogP contribution is -2.47. The summed E-state index contributed by atoms with van der Waals surface area (Å²) in [7, 11) is 0. The van der Waals surface area contributed by atoms with E-state index in [1.54, 1.807) is 4.90 Å². The molecule has 2 fully saturated rings. The van der Waals surface area contributed by atoms with Crippen molar-refractivity contribution in [3.05, 3.63) is 0 Å². The fourth-order valence-corrected chi connectivity index (χ4v) is 2.48. The highest BCUT2D eigenvalue weighted by molar-refractivity contribution is 5.85. The molecule has 1 N–H and O–H groups in total. The third-order valence-electron chi connectivity index (χ3n) is 3.41. The molecule has 0 aromatic heterocycles. The molecule has 0 radical (unpaired) electrons. The molecule has 2 saturated heterocycles. The zero-order valence-corrected chi connectivity index (χ0v) is 11.4. The molecule has 2 heterocycles. The van der Waals surface area contributed by atoms with E-state index in [2.05, 4.69) is 0 Å². The Balaban J connectivity index is 1.87. The van der Waals surface area contributed by atoms with Crippen LogP contribution in [0.15, 0.2) is 0 Å². The smallest absolute Gasteiger partial charge is 0.410 e. The average Bonchev–Trinajstić information content (AvgIpc) is 2.58. The van der Waals surface area contributed by atoms with Crippen molar-refractivity contribution in [2.75, 3.05) is 19.7 Å². The maximum absolute atomic E-state index is 11.9. The minimum atomic E-state index is -0.446. The maximum Gasteiger partial charge on any atom is 0.410 e. The number of carbonyl (C=O) groups is 1. The van der Waals surface area contributed by atoms with E-state index in [-0.39, 0.29) is 11.7 Å². The van der Waals surface area contributed by atoms with E-state index in [9.17, 15) is 4.79 Å². The van der Waals surface area contributed by atoms with Crippen LogP contribution in [0.1, 0.15) is 40.0 Å². The average molecular weight is 254 g/mol. The molecule has 2 aliphatic rings. The molecule has 1 amide bonds. The molecule has 2 rings (SSSR count). The monoisotopic (exact) mass is 254 g/mol. The molecular weight excluding hydrogens is 232 g/mol. The van der Waals surface area contributed by atoms with Crippen molar-refractivity contribution in [1.29, 1.82) is 5.41 Å². The van der Waals surface area contributed by atoms with Gasteiger partial charge in [-0.2, -0.15) is 0 Å². The minimum Gasteiger partial charge on any atom is -0.444 e. The van der Waals surface area contributed by atoms with Crippen LogP contribution in [0.2, 0.25) is 0 Å². The van der Waals surface area contributed by atoms with E-state index in [1.165, 1.54) is 0 Å². The first-order valence-corrected chi connectivity index (χ1v) is 6.48. The van der Waals surface area contributed by atoms with Gasteiger partial charge in [0.1, 0.15) is 5.60 Å². The number of hydrogen-bond donors (Lipinski definition) is 1. The molecule has 0 saturated carbocycles. The minimum absolute atomic E-state index is 0.185. The van der Waals surface area contributed by atoms with Crippen LogP contribution in [0, 0.1) is 5.41 Å². The normalized spacial score (nSPS) is 23.5. The molecule has 102 valence electrons. The Morgan fingerprint density at radius 1 is 1.39 bits per heavy atom. The van der Waals surface area contributed by atoms with Crippen molar-refractivity contribution in [2.45, 2.75) is 51.2 Å². The third kappa shape index (κ3) is 3.02. The first kappa shape index (κ1) is 13.3. The lowest BCUT2D eigenvalue weighted by atomic mass is 9.88. The first-order chi connectivity index (χ1) is 8.30. The van der Waals surface area contributed by atoms with Gasteiger partial charge >= 0.3 is 6.09 Å². The van der Waals surface area contributed by atoms with E-state index in [0.29, 0.717) is 25.4 Å². The van der Waals surface area contributed by atoms with E-state index in [1.807, 2.05) is 20.8 Å². The van der Waals surface area contributed by atoms with Gasteiger partial charge in [-0.15, -0.1) is 0 Å². The van der Waals surface area contributed by atoms with Gasteiger partial charge in [0, 0.05) is 25.2 Å². The lowest BCUT2D eigenvalue weighted by Gasteiger charge is -2.38. The van der Waals surface area contributed by atoms with E-state index in [0.717, 1.165) is 19.3 Å². The Morgan fingerprint density at radius 3 is 2.44 bits per heavy atom. The summed E-state index contributed by atoms with van der Waals surface area (Å²) in [5.74, 6) is 0. The molecule has 0 aromatic carbocycles. The Bertz CT molecular complexity index is 352. The van der Waals surface area contributed by atoms with Gasteiger partial charge in [0.05, 0.1) is 12.2 Å². The summed E-state index contributed by atoms with van der Waals surface area (Å²) < 4.78 is 11.1. The number of piperidine rings is 1. The number of amides is 1. The predicted molar refractivity (Wildman–Crippen MR) is 68.1 cm³/mol. The van der Waals surface area contributed by atoms with Crippen LogP contribution in [0.25, 0.3) is 0 Å². The van der Waals surface area contributed by atoms with Crippen LogP contribution < -0.4 is 0 Å². The number of likely N-dealkylation sites (tertiary alicyclic amines) is 1. The molecule has 1 spiro atoms. The molecule has 2 aliphatic heterocycles. The summed E-state index contributed by atoms with van der Waals surface area (Å²) in [5, 5.41) is 7.63. The second-order valence-corrected chi connectivity index (χ2v) is 6.22. The molecule has 0 aromatic rings. The summed E-state index contributed by atoms with van der Waals surface area (Å²) in [6.45, 7) is 7.38. The molecule has 0 atom stereocenters. The molecule has 18 heavy (non-hydrogen) atoms. The van der Waals surface area contributed by atoms with Gasteiger partial charge in [-0.05, 0) is 33.6 Å². The molecular formula is C13H22N2O3. The highest BCUT2D eigenvalue weighted by Crippen LogP contribution is 2.34. The van der Waals surface area contributed by atoms with Crippen molar-refractivity contribution < 1.29 is 14.3 Å². The van der Waals surface area contributed by atoms with Crippen LogP contribution in [-0.2, 0) is 9.47 Å². The molecule has 5 nitrogen and oxygen atoms in total. The highest BCUT2D eigenvalue weighted by atomic mass is 16.6. The van der Waals surface area contributed by atoms with Gasteiger partial charge in [-0.3, -0.25) is 0 Å². The second kappa shape index (κ2) is 4.53. The van der Waals surface area contributed by atoms with Crippen LogP contribution in [-0.4, -0.2) is 47.6 Å². The van der Waals surface area contributed by atoms with Gasteiger partial charge in [-0.25, -0.2) is 4.79 Å². The first-order valence-electron chi connectivity index (χ1n) is 6.48. The summed E-state index contributed by atoms with van der Waals surface area (Å²) in [5.41, 5.74) is 0.0362. The fraction of sp³-hybridized carbons (Fsp3) is 0.846. The Labute approximate surface area is 108 Å². The number of rotatable bonds is 0. The van der Waals surface area contributed by atoms with Crippen molar-refractivity contribution >= 4 is 11.8 Å². The van der Waals surface area contributed by atoms with Crippen LogP contribution in [0.5, 0.6) is 0 Å². The zero-order chi connectivity index (χ0) is 13.4. The summed E-state index contributed by atoms with van der Waals surface area (Å²) in [6, 6.07) is 0. The SMILES string of the molecule is CC(C)(C)OC(=O)N1CCC2(CC1)CC(=N)CO2. The van der Waals surface area contributed by atoms with Crippen LogP contribution >= 0.6 is 0 Å². The Morgan fingerprint density at radius 2 is 2.00 bits per heavy atom. The predicted octanol–water partition coefficient (Wildman–Crippen LogP) is 2.20. The molecule has 0 bridgehead atoms.